The van der Waals surface area contributed by atoms with Crippen molar-refractivity contribution in [1.29, 1.82) is 0 Å². The number of nitrogens with zero attached hydrogens (tertiary/aromatic N) is 1. The van der Waals surface area contributed by atoms with Crippen LogP contribution in [0.3, 0.4) is 0 Å². The van der Waals surface area contributed by atoms with Gasteiger partial charge in [0.05, 0.1) is 11.8 Å². The Hall–Kier alpha value is -1.16. The number of H-pyrrole nitrogens is 1. The molecule has 0 radical (unpaired) electrons. The van der Waals surface area contributed by atoms with E-state index in [0.717, 1.165) is 0 Å². The number of Topliss-reactive ketones (excluding diaryl/α,β-unsaturated/α-hetero) is 1. The van der Waals surface area contributed by atoms with E-state index in [2.05, 4.69) is 10.2 Å². The van der Waals surface area contributed by atoms with Crippen LogP contribution < -0.4 is 0 Å². The molecule has 1 heterocycles. The molecule has 0 aliphatic rings. The third-order valence-corrected chi connectivity index (χ3v) is 0.964. The first-order valence-corrected chi connectivity index (χ1v) is 2.47. The summed E-state index contributed by atoms with van der Waals surface area (Å²) < 4.78 is 0. The zero-order valence-electron chi connectivity index (χ0n) is 4.66. The number of hydrogen-bond acceptors (Lipinski definition) is 3. The van der Waals surface area contributed by atoms with Gasteiger partial charge in [-0.15, -0.1) is 0 Å². The molecule has 0 aromatic carbocycles. The van der Waals surface area contributed by atoms with E-state index in [4.69, 9.17) is 5.11 Å². The molecule has 1 rings (SSSR count). The highest BCUT2D eigenvalue weighted by Crippen LogP contribution is 1.92. The molecule has 1 aromatic heterocycles. The third-order valence-electron chi connectivity index (χ3n) is 0.964. The first-order chi connectivity index (χ1) is 4.34. The van der Waals surface area contributed by atoms with Crippen LogP contribution in [0.1, 0.15) is 10.4 Å². The summed E-state index contributed by atoms with van der Waals surface area (Å²) in [7, 11) is 0. The van der Waals surface area contributed by atoms with Crippen LogP contribution in [0, 0.1) is 0 Å². The molecule has 1 aromatic rings. The Morgan fingerprint density at radius 3 is 3.11 bits per heavy atom. The van der Waals surface area contributed by atoms with Gasteiger partial charge in [-0.2, -0.15) is 5.10 Å². The lowest BCUT2D eigenvalue weighted by Gasteiger charge is -1.85. The van der Waals surface area contributed by atoms with Crippen LogP contribution >= 0.6 is 0 Å². The summed E-state index contributed by atoms with van der Waals surface area (Å²) in [5.74, 6) is -0.316. The Morgan fingerprint density at radius 2 is 2.67 bits per heavy atom. The van der Waals surface area contributed by atoms with Crippen molar-refractivity contribution in [2.75, 3.05) is 6.61 Å². The number of aliphatic hydroxyl groups excluding tert-OH is 1. The summed E-state index contributed by atoms with van der Waals surface area (Å²) in [5, 5.41) is 14.3. The molecule has 0 aliphatic heterocycles. The lowest BCUT2D eigenvalue weighted by molar-refractivity contribution is 0.0904. The summed E-state index contributed by atoms with van der Waals surface area (Å²) in [6.45, 7) is -0.459. The summed E-state index contributed by atoms with van der Waals surface area (Å²) in [5.41, 5.74) is 0.414. The summed E-state index contributed by atoms with van der Waals surface area (Å²) in [6.07, 6.45) is 2.82. The Labute approximate surface area is 51.5 Å². The number of hydrogen-bond donors (Lipinski definition) is 2. The van der Waals surface area contributed by atoms with Gasteiger partial charge >= 0.3 is 0 Å². The van der Waals surface area contributed by atoms with Gasteiger partial charge in [-0.1, -0.05) is 0 Å². The first kappa shape index (κ1) is 5.97. The second kappa shape index (κ2) is 2.41. The SMILES string of the molecule is O=C(CO)c1cn[nH]c1. The number of carbonyl (C=O) groups is 1. The molecule has 0 aliphatic carbocycles. The van der Waals surface area contributed by atoms with Crippen LogP contribution in [0.4, 0.5) is 0 Å². The highest BCUT2D eigenvalue weighted by molar-refractivity contribution is 5.96. The Kier molecular flexibility index (Phi) is 1.60. The Morgan fingerprint density at radius 1 is 1.89 bits per heavy atom. The van der Waals surface area contributed by atoms with E-state index in [1.54, 1.807) is 0 Å². The maximum absolute atomic E-state index is 10.6. The van der Waals surface area contributed by atoms with Gasteiger partial charge in [-0.05, 0) is 0 Å². The fourth-order valence-electron chi connectivity index (χ4n) is 0.495. The normalized spacial score (nSPS) is 9.44. The summed E-state index contributed by atoms with van der Waals surface area (Å²) in [4.78, 5) is 10.6. The lowest BCUT2D eigenvalue weighted by atomic mass is 10.2. The molecule has 0 unspecified atom stereocenters. The van der Waals surface area contributed by atoms with Crippen molar-refractivity contribution in [3.63, 3.8) is 0 Å². The Bertz CT molecular complexity index is 193. The molecule has 0 amide bonds. The number of carbonyl (C=O) groups excluding carboxylic acids is 1. The molecule has 0 spiro atoms. The van der Waals surface area contributed by atoms with Gasteiger partial charge in [0, 0.05) is 6.20 Å². The second-order valence-electron chi connectivity index (χ2n) is 1.57. The molecule has 2 N–H and O–H groups in total. The molecule has 9 heavy (non-hydrogen) atoms. The predicted molar refractivity (Wildman–Crippen MR) is 30.0 cm³/mol. The van der Waals surface area contributed by atoms with Crippen LogP contribution in [0.15, 0.2) is 12.4 Å². The summed E-state index contributed by atoms with van der Waals surface area (Å²) >= 11 is 0. The molecule has 4 heteroatoms. The van der Waals surface area contributed by atoms with Gasteiger partial charge in [-0.25, -0.2) is 0 Å². The van der Waals surface area contributed by atoms with Crippen LogP contribution in [0.25, 0.3) is 0 Å². The number of ketones is 1. The second-order valence-corrected chi connectivity index (χ2v) is 1.57. The minimum Gasteiger partial charge on any atom is -0.388 e. The average Bonchev–Trinajstić information content (AvgIpc) is 2.37. The molecular formula is C5H6N2O2. The Balaban J connectivity index is 2.77. The van der Waals surface area contributed by atoms with E-state index < -0.39 is 6.61 Å². The van der Waals surface area contributed by atoms with Crippen molar-refractivity contribution in [3.05, 3.63) is 18.0 Å². The molecule has 48 valence electrons. The summed E-state index contributed by atoms with van der Waals surface area (Å²) in [6, 6.07) is 0. The van der Waals surface area contributed by atoms with Crippen LogP contribution in [0.2, 0.25) is 0 Å². The van der Waals surface area contributed by atoms with Crippen molar-refractivity contribution in [2.45, 2.75) is 0 Å². The van der Waals surface area contributed by atoms with E-state index >= 15 is 0 Å². The van der Waals surface area contributed by atoms with Crippen molar-refractivity contribution in [2.24, 2.45) is 0 Å². The average molecular weight is 126 g/mol. The highest BCUT2D eigenvalue weighted by Gasteiger charge is 2.02. The van der Waals surface area contributed by atoms with Gasteiger partial charge < -0.3 is 5.11 Å². The van der Waals surface area contributed by atoms with Gasteiger partial charge in [0.2, 0.25) is 0 Å². The van der Waals surface area contributed by atoms with Crippen LogP contribution in [-0.4, -0.2) is 27.7 Å². The quantitative estimate of drug-likeness (QED) is 0.529. The van der Waals surface area contributed by atoms with Gasteiger partial charge in [0.25, 0.3) is 0 Å². The highest BCUT2D eigenvalue weighted by atomic mass is 16.3. The zero-order chi connectivity index (χ0) is 6.69. The standard InChI is InChI=1S/C5H6N2O2/c8-3-5(9)4-1-6-7-2-4/h1-2,8H,3H2,(H,6,7). The van der Waals surface area contributed by atoms with E-state index in [-0.39, 0.29) is 5.78 Å². The fourth-order valence-corrected chi connectivity index (χ4v) is 0.495. The molecule has 0 atom stereocenters. The lowest BCUT2D eigenvalue weighted by Crippen LogP contribution is -2.01. The topological polar surface area (TPSA) is 66.0 Å². The van der Waals surface area contributed by atoms with Gasteiger partial charge in [0.1, 0.15) is 6.61 Å². The molecular weight excluding hydrogens is 120 g/mol. The number of aromatic amines is 1. The van der Waals surface area contributed by atoms with E-state index in [9.17, 15) is 4.79 Å². The predicted octanol–water partition coefficient (Wildman–Crippen LogP) is -0.415. The van der Waals surface area contributed by atoms with E-state index in [0.29, 0.717) is 5.56 Å². The van der Waals surface area contributed by atoms with E-state index in [1.165, 1.54) is 12.4 Å². The number of aliphatic hydroxyl groups is 1. The zero-order valence-corrected chi connectivity index (χ0v) is 4.66. The van der Waals surface area contributed by atoms with Gasteiger partial charge in [0.15, 0.2) is 5.78 Å². The minimum absolute atomic E-state index is 0.316. The molecule has 4 nitrogen and oxygen atoms in total. The van der Waals surface area contributed by atoms with Crippen molar-refractivity contribution in [1.82, 2.24) is 10.2 Å². The molecule has 0 saturated heterocycles. The minimum atomic E-state index is -0.459. The van der Waals surface area contributed by atoms with Crippen LogP contribution in [0.5, 0.6) is 0 Å². The maximum atomic E-state index is 10.6. The number of nitrogens with one attached hydrogen (secondary N) is 1. The smallest absolute Gasteiger partial charge is 0.191 e. The van der Waals surface area contributed by atoms with Crippen molar-refractivity contribution < 1.29 is 9.90 Å². The van der Waals surface area contributed by atoms with Crippen LogP contribution in [-0.2, 0) is 0 Å². The number of aromatic nitrogens is 2. The maximum Gasteiger partial charge on any atom is 0.191 e. The van der Waals surface area contributed by atoms with Crippen molar-refractivity contribution in [3.8, 4) is 0 Å². The molecule has 0 saturated carbocycles. The number of rotatable bonds is 2. The monoisotopic (exact) mass is 126 g/mol. The molecule has 0 bridgehead atoms. The third kappa shape index (κ3) is 1.14. The molecule has 0 fully saturated rings. The first-order valence-electron chi connectivity index (χ1n) is 2.47. The van der Waals surface area contributed by atoms with Gasteiger partial charge in [-0.3, -0.25) is 9.89 Å². The largest absolute Gasteiger partial charge is 0.388 e. The van der Waals surface area contributed by atoms with E-state index in [1.807, 2.05) is 0 Å². The fraction of sp³-hybridized carbons (Fsp3) is 0.200. The van der Waals surface area contributed by atoms with Crippen molar-refractivity contribution >= 4 is 5.78 Å².